The Morgan fingerprint density at radius 1 is 1.03 bits per heavy atom. The highest BCUT2D eigenvalue weighted by molar-refractivity contribution is 6.06. The molecule has 1 aliphatic heterocycles. The summed E-state index contributed by atoms with van der Waals surface area (Å²) in [5.41, 5.74) is 3.84. The maximum Gasteiger partial charge on any atom is 0.339 e. The Balaban J connectivity index is 1.53. The predicted octanol–water partition coefficient (Wildman–Crippen LogP) is 4.36. The maximum absolute atomic E-state index is 13.5. The van der Waals surface area contributed by atoms with Crippen LogP contribution >= 0.6 is 0 Å². The van der Waals surface area contributed by atoms with E-state index < -0.39 is 23.9 Å². The van der Waals surface area contributed by atoms with E-state index in [0.717, 1.165) is 29.7 Å². The van der Waals surface area contributed by atoms with E-state index in [1.165, 1.54) is 6.92 Å². The number of hydrogen-bond acceptors (Lipinski definition) is 7. The number of para-hydroxylation sites is 1. The van der Waals surface area contributed by atoms with Crippen LogP contribution in [0.25, 0.3) is 10.9 Å². The van der Waals surface area contributed by atoms with E-state index in [1.54, 1.807) is 31.2 Å². The first kappa shape index (κ1) is 25.3. The van der Waals surface area contributed by atoms with Gasteiger partial charge >= 0.3 is 11.9 Å². The molecule has 8 nitrogen and oxygen atoms in total. The topological polar surface area (TPSA) is 97.8 Å². The molecule has 36 heavy (non-hydrogen) atoms. The fourth-order valence-corrected chi connectivity index (χ4v) is 4.31. The van der Waals surface area contributed by atoms with Crippen LogP contribution in [-0.4, -0.2) is 53.0 Å². The zero-order valence-corrected chi connectivity index (χ0v) is 21.0. The number of esters is 2. The molecule has 0 aliphatic carbocycles. The molecule has 0 saturated heterocycles. The largest absolute Gasteiger partial charge is 0.462 e. The molecule has 0 saturated carbocycles. The zero-order chi connectivity index (χ0) is 25.8. The second kappa shape index (κ2) is 10.9. The second-order valence-corrected chi connectivity index (χ2v) is 9.08. The molecule has 0 radical (unpaired) electrons. The standard InChI is InChI=1S/C28H31N3O5/c1-5-35-27(33)19-10-12-20(13-11-19)29-26(32)18(4)36-28(34)25-21-8-6-7-9-23(21)30-24-14-15-31(17(2)3)16-22(24)25/h6-13,17-18H,5,14-16H2,1-4H3,(H,29,32). The molecule has 1 amide bonds. The van der Waals surface area contributed by atoms with Crippen LogP contribution in [-0.2, 0) is 27.2 Å². The zero-order valence-electron chi connectivity index (χ0n) is 21.0. The Morgan fingerprint density at radius 3 is 2.44 bits per heavy atom. The molecule has 1 unspecified atom stereocenters. The van der Waals surface area contributed by atoms with Gasteiger partial charge in [-0.15, -0.1) is 0 Å². The van der Waals surface area contributed by atoms with Crippen LogP contribution in [0.2, 0.25) is 0 Å². The average Bonchev–Trinajstić information content (AvgIpc) is 2.87. The van der Waals surface area contributed by atoms with Gasteiger partial charge in [-0.25, -0.2) is 9.59 Å². The first-order valence-corrected chi connectivity index (χ1v) is 12.2. The first-order valence-electron chi connectivity index (χ1n) is 12.2. The summed E-state index contributed by atoms with van der Waals surface area (Å²) in [5.74, 6) is -1.44. The van der Waals surface area contributed by atoms with Gasteiger partial charge in [0.05, 0.1) is 23.3 Å². The van der Waals surface area contributed by atoms with Crippen molar-refractivity contribution < 1.29 is 23.9 Å². The van der Waals surface area contributed by atoms with Crippen molar-refractivity contribution in [3.8, 4) is 0 Å². The summed E-state index contributed by atoms with van der Waals surface area (Å²) in [6, 6.07) is 14.2. The summed E-state index contributed by atoms with van der Waals surface area (Å²) in [4.78, 5) is 45.2. The summed E-state index contributed by atoms with van der Waals surface area (Å²) in [5, 5.41) is 3.45. The van der Waals surface area contributed by atoms with Gasteiger partial charge in [-0.05, 0) is 58.0 Å². The number of rotatable bonds is 7. The number of hydrogen-bond donors (Lipinski definition) is 1. The van der Waals surface area contributed by atoms with Gasteiger partial charge < -0.3 is 14.8 Å². The lowest BCUT2D eigenvalue weighted by Gasteiger charge is -2.32. The monoisotopic (exact) mass is 489 g/mol. The third-order valence-corrected chi connectivity index (χ3v) is 6.33. The Bertz CT molecular complexity index is 1290. The summed E-state index contributed by atoms with van der Waals surface area (Å²) in [6.07, 6.45) is -0.286. The molecule has 1 aromatic heterocycles. The molecule has 1 N–H and O–H groups in total. The van der Waals surface area contributed by atoms with Crippen LogP contribution in [0, 0.1) is 0 Å². The second-order valence-electron chi connectivity index (χ2n) is 9.08. The maximum atomic E-state index is 13.5. The Hall–Kier alpha value is -3.78. The molecule has 4 rings (SSSR count). The van der Waals surface area contributed by atoms with Crippen LogP contribution in [0.4, 0.5) is 5.69 Å². The number of carbonyl (C=O) groups is 3. The summed E-state index contributed by atoms with van der Waals surface area (Å²) >= 11 is 0. The van der Waals surface area contributed by atoms with Gasteiger partial charge in [-0.2, -0.15) is 0 Å². The molecule has 0 fully saturated rings. The number of ether oxygens (including phenoxy) is 2. The normalized spacial score (nSPS) is 14.2. The number of aromatic nitrogens is 1. The quantitative estimate of drug-likeness (QED) is 0.493. The van der Waals surface area contributed by atoms with Gasteiger partial charge in [0, 0.05) is 47.9 Å². The highest BCUT2D eigenvalue weighted by Gasteiger charge is 2.29. The van der Waals surface area contributed by atoms with Gasteiger partial charge in [0.25, 0.3) is 5.91 Å². The number of pyridine rings is 1. The molecule has 1 atom stereocenters. The third-order valence-electron chi connectivity index (χ3n) is 6.33. The summed E-state index contributed by atoms with van der Waals surface area (Å²) in [7, 11) is 0. The van der Waals surface area contributed by atoms with Crippen molar-refractivity contribution in [1.29, 1.82) is 0 Å². The van der Waals surface area contributed by atoms with Crippen molar-refractivity contribution in [3.63, 3.8) is 0 Å². The SMILES string of the molecule is CCOC(=O)c1ccc(NC(=O)C(C)OC(=O)c2c3c(nc4ccccc24)CCN(C(C)C)C3)cc1. The molecule has 8 heteroatoms. The molecule has 0 spiro atoms. The minimum atomic E-state index is -1.03. The number of fused-ring (bicyclic) bond motifs is 2. The van der Waals surface area contributed by atoms with Gasteiger partial charge in [0.2, 0.25) is 0 Å². The smallest absolute Gasteiger partial charge is 0.339 e. The van der Waals surface area contributed by atoms with Crippen LogP contribution in [0.15, 0.2) is 48.5 Å². The average molecular weight is 490 g/mol. The Kier molecular flexibility index (Phi) is 7.64. The number of carbonyl (C=O) groups excluding carboxylic acids is 3. The van der Waals surface area contributed by atoms with E-state index in [2.05, 4.69) is 24.1 Å². The van der Waals surface area contributed by atoms with E-state index >= 15 is 0 Å². The van der Waals surface area contributed by atoms with Crippen molar-refractivity contribution in [2.45, 2.75) is 52.8 Å². The van der Waals surface area contributed by atoms with Crippen LogP contribution in [0.1, 0.15) is 59.7 Å². The van der Waals surface area contributed by atoms with Crippen molar-refractivity contribution in [1.82, 2.24) is 9.88 Å². The van der Waals surface area contributed by atoms with Crippen LogP contribution in [0.3, 0.4) is 0 Å². The highest BCUT2D eigenvalue weighted by Crippen LogP contribution is 2.30. The third kappa shape index (κ3) is 5.39. The molecule has 1 aliphatic rings. The van der Waals surface area contributed by atoms with E-state index in [4.69, 9.17) is 14.5 Å². The predicted molar refractivity (Wildman–Crippen MR) is 137 cm³/mol. The Labute approximate surface area is 210 Å². The molecular formula is C28H31N3O5. The number of nitrogens with one attached hydrogen (secondary N) is 1. The fourth-order valence-electron chi connectivity index (χ4n) is 4.31. The minimum absolute atomic E-state index is 0.283. The molecule has 188 valence electrons. The molecule has 2 heterocycles. The van der Waals surface area contributed by atoms with Gasteiger partial charge in [0.1, 0.15) is 0 Å². The van der Waals surface area contributed by atoms with E-state index in [-0.39, 0.29) is 6.61 Å². The van der Waals surface area contributed by atoms with Crippen LogP contribution in [0.5, 0.6) is 0 Å². The van der Waals surface area contributed by atoms with Gasteiger partial charge in [-0.1, -0.05) is 18.2 Å². The number of amides is 1. The molecule has 0 bridgehead atoms. The summed E-state index contributed by atoms with van der Waals surface area (Å²) in [6.45, 7) is 9.29. The van der Waals surface area contributed by atoms with E-state index in [9.17, 15) is 14.4 Å². The lowest BCUT2D eigenvalue weighted by Crippen LogP contribution is -2.37. The summed E-state index contributed by atoms with van der Waals surface area (Å²) < 4.78 is 10.6. The molecule has 3 aromatic rings. The number of nitrogens with zero attached hydrogens (tertiary/aromatic N) is 2. The lowest BCUT2D eigenvalue weighted by molar-refractivity contribution is -0.123. The molecular weight excluding hydrogens is 458 g/mol. The Morgan fingerprint density at radius 2 is 1.75 bits per heavy atom. The fraction of sp³-hybridized carbons (Fsp3) is 0.357. The molecule has 2 aromatic carbocycles. The van der Waals surface area contributed by atoms with Crippen molar-refractivity contribution in [2.24, 2.45) is 0 Å². The lowest BCUT2D eigenvalue weighted by atomic mass is 9.95. The number of anilines is 1. The van der Waals surface area contributed by atoms with Gasteiger partial charge in [0.15, 0.2) is 6.10 Å². The first-order chi connectivity index (χ1) is 17.3. The van der Waals surface area contributed by atoms with Crippen molar-refractivity contribution >= 4 is 34.4 Å². The van der Waals surface area contributed by atoms with Crippen molar-refractivity contribution in [3.05, 3.63) is 70.9 Å². The minimum Gasteiger partial charge on any atom is -0.462 e. The van der Waals surface area contributed by atoms with E-state index in [1.807, 2.05) is 24.3 Å². The van der Waals surface area contributed by atoms with Crippen LogP contribution < -0.4 is 5.32 Å². The number of benzene rings is 2. The van der Waals surface area contributed by atoms with E-state index in [0.29, 0.717) is 34.8 Å². The highest BCUT2D eigenvalue weighted by atomic mass is 16.5. The van der Waals surface area contributed by atoms with Gasteiger partial charge in [-0.3, -0.25) is 14.7 Å². The van der Waals surface area contributed by atoms with Crippen molar-refractivity contribution in [2.75, 3.05) is 18.5 Å².